The average molecular weight is 379 g/mol. The second-order valence-corrected chi connectivity index (χ2v) is 9.70. The lowest BCUT2D eigenvalue weighted by molar-refractivity contribution is -0.148. The third-order valence-electron chi connectivity index (χ3n) is 8.00. The SMILES string of the molecule is O=C(C1C2CC3CC(C2)CC1C3)N1CCCN(c2nc3ccccc3[nH]2)CC1. The summed E-state index contributed by atoms with van der Waals surface area (Å²) in [7, 11) is 0. The lowest BCUT2D eigenvalue weighted by Gasteiger charge is -2.54. The van der Waals surface area contributed by atoms with Crippen LogP contribution in [0.3, 0.4) is 0 Å². The van der Waals surface area contributed by atoms with Crippen molar-refractivity contribution >= 4 is 22.9 Å². The van der Waals surface area contributed by atoms with Gasteiger partial charge in [-0.25, -0.2) is 4.98 Å². The third-order valence-corrected chi connectivity index (χ3v) is 8.00. The molecule has 0 radical (unpaired) electrons. The highest BCUT2D eigenvalue weighted by Gasteiger charge is 2.51. The van der Waals surface area contributed by atoms with Crippen LogP contribution in [0.25, 0.3) is 11.0 Å². The van der Waals surface area contributed by atoms with Crippen LogP contribution in [-0.4, -0.2) is 47.0 Å². The van der Waals surface area contributed by atoms with Crippen molar-refractivity contribution in [2.75, 3.05) is 31.1 Å². The smallest absolute Gasteiger partial charge is 0.226 e. The molecule has 1 amide bonds. The molecule has 4 bridgehead atoms. The number of hydrogen-bond acceptors (Lipinski definition) is 3. The number of rotatable bonds is 2. The van der Waals surface area contributed by atoms with Gasteiger partial charge in [-0.05, 0) is 74.3 Å². The van der Waals surface area contributed by atoms with E-state index in [1.54, 1.807) is 0 Å². The van der Waals surface area contributed by atoms with Gasteiger partial charge in [0.05, 0.1) is 11.0 Å². The maximum absolute atomic E-state index is 13.5. The van der Waals surface area contributed by atoms with Crippen LogP contribution in [0, 0.1) is 29.6 Å². The monoisotopic (exact) mass is 378 g/mol. The normalized spacial score (nSPS) is 34.8. The lowest BCUT2D eigenvalue weighted by Crippen LogP contribution is -2.52. The van der Waals surface area contributed by atoms with Crippen LogP contribution in [0.2, 0.25) is 0 Å². The van der Waals surface area contributed by atoms with Crippen molar-refractivity contribution in [3.63, 3.8) is 0 Å². The van der Waals surface area contributed by atoms with Crippen LogP contribution in [0.15, 0.2) is 24.3 Å². The number of carbonyl (C=O) groups is 1. The van der Waals surface area contributed by atoms with Crippen molar-refractivity contribution in [1.29, 1.82) is 0 Å². The Labute approximate surface area is 166 Å². The number of H-pyrrole nitrogens is 1. The predicted molar refractivity (Wildman–Crippen MR) is 110 cm³/mol. The van der Waals surface area contributed by atoms with Gasteiger partial charge in [-0.15, -0.1) is 0 Å². The molecular weight excluding hydrogens is 348 g/mol. The molecule has 5 heteroatoms. The van der Waals surface area contributed by atoms with E-state index in [0.29, 0.717) is 23.7 Å². The molecule has 5 fully saturated rings. The minimum atomic E-state index is 0.325. The van der Waals surface area contributed by atoms with E-state index >= 15 is 0 Å². The first-order valence-corrected chi connectivity index (χ1v) is 11.2. The van der Waals surface area contributed by atoms with Crippen molar-refractivity contribution < 1.29 is 4.79 Å². The maximum atomic E-state index is 13.5. The largest absolute Gasteiger partial charge is 0.341 e. The number of nitrogens with zero attached hydrogens (tertiary/aromatic N) is 3. The van der Waals surface area contributed by atoms with Gasteiger partial charge in [0.15, 0.2) is 0 Å². The molecule has 28 heavy (non-hydrogen) atoms. The quantitative estimate of drug-likeness (QED) is 0.867. The fourth-order valence-corrected chi connectivity index (χ4v) is 6.98. The number of fused-ring (bicyclic) bond motifs is 1. The highest BCUT2D eigenvalue weighted by atomic mass is 16.2. The number of anilines is 1. The van der Waals surface area contributed by atoms with E-state index in [9.17, 15) is 4.79 Å². The van der Waals surface area contributed by atoms with E-state index < -0.39 is 0 Å². The molecule has 1 aromatic heterocycles. The summed E-state index contributed by atoms with van der Waals surface area (Å²) in [4.78, 5) is 26.2. The van der Waals surface area contributed by atoms with Gasteiger partial charge in [-0.1, -0.05) is 12.1 Å². The maximum Gasteiger partial charge on any atom is 0.226 e. The number of benzene rings is 1. The van der Waals surface area contributed by atoms with Gasteiger partial charge in [0, 0.05) is 32.1 Å². The summed E-state index contributed by atoms with van der Waals surface area (Å²) in [5, 5.41) is 0. The zero-order valence-corrected chi connectivity index (χ0v) is 16.5. The number of nitrogens with one attached hydrogen (secondary N) is 1. The highest BCUT2D eigenvalue weighted by molar-refractivity contribution is 5.80. The molecule has 1 aromatic carbocycles. The summed E-state index contributed by atoms with van der Waals surface area (Å²) in [5.41, 5.74) is 2.10. The predicted octanol–water partition coefficient (Wildman–Crippen LogP) is 3.67. The van der Waals surface area contributed by atoms with Crippen molar-refractivity contribution in [3.05, 3.63) is 24.3 Å². The summed E-state index contributed by atoms with van der Waals surface area (Å²) in [6, 6.07) is 8.19. The number of amides is 1. The van der Waals surface area contributed by atoms with Gasteiger partial charge >= 0.3 is 0 Å². The molecule has 7 rings (SSSR count). The van der Waals surface area contributed by atoms with Crippen LogP contribution in [-0.2, 0) is 4.79 Å². The molecule has 4 aliphatic carbocycles. The van der Waals surface area contributed by atoms with E-state index in [1.165, 1.54) is 32.1 Å². The molecule has 2 aromatic rings. The van der Waals surface area contributed by atoms with Crippen LogP contribution >= 0.6 is 0 Å². The molecule has 1 N–H and O–H groups in total. The number of hydrogen-bond donors (Lipinski definition) is 1. The fraction of sp³-hybridized carbons (Fsp3) is 0.652. The third kappa shape index (κ3) is 2.73. The molecule has 2 heterocycles. The molecule has 0 atom stereocenters. The summed E-state index contributed by atoms with van der Waals surface area (Å²) in [5.74, 6) is 4.96. The summed E-state index contributed by atoms with van der Waals surface area (Å²) < 4.78 is 0. The number of para-hydroxylation sites is 2. The molecule has 1 saturated heterocycles. The Morgan fingerprint density at radius 3 is 2.43 bits per heavy atom. The minimum Gasteiger partial charge on any atom is -0.341 e. The van der Waals surface area contributed by atoms with Crippen molar-refractivity contribution in [2.45, 2.75) is 38.5 Å². The average Bonchev–Trinajstić information content (AvgIpc) is 2.96. The zero-order chi connectivity index (χ0) is 18.7. The van der Waals surface area contributed by atoms with Crippen molar-refractivity contribution in [3.8, 4) is 0 Å². The molecule has 4 saturated carbocycles. The Kier molecular flexibility index (Phi) is 3.92. The molecular formula is C23H30N4O. The second-order valence-electron chi connectivity index (χ2n) is 9.70. The Bertz CT molecular complexity index is 829. The topological polar surface area (TPSA) is 52.2 Å². The number of aromatic nitrogens is 2. The Morgan fingerprint density at radius 1 is 0.929 bits per heavy atom. The van der Waals surface area contributed by atoms with Gasteiger partial charge in [0.2, 0.25) is 11.9 Å². The molecule has 5 aliphatic rings. The van der Waals surface area contributed by atoms with E-state index in [4.69, 9.17) is 4.98 Å². The van der Waals surface area contributed by atoms with Crippen LogP contribution in [0.5, 0.6) is 0 Å². The highest BCUT2D eigenvalue weighted by Crippen LogP contribution is 2.56. The van der Waals surface area contributed by atoms with E-state index in [1.807, 2.05) is 12.1 Å². The Balaban J connectivity index is 1.16. The van der Waals surface area contributed by atoms with E-state index in [-0.39, 0.29) is 0 Å². The fourth-order valence-electron chi connectivity index (χ4n) is 6.98. The van der Waals surface area contributed by atoms with E-state index in [0.717, 1.165) is 61.4 Å². The van der Waals surface area contributed by atoms with Gasteiger partial charge in [-0.2, -0.15) is 0 Å². The molecule has 0 spiro atoms. The lowest BCUT2D eigenvalue weighted by atomic mass is 9.51. The Hall–Kier alpha value is -2.04. The van der Waals surface area contributed by atoms with Crippen molar-refractivity contribution in [2.24, 2.45) is 29.6 Å². The molecule has 1 aliphatic heterocycles. The first kappa shape index (κ1) is 16.9. The van der Waals surface area contributed by atoms with Crippen LogP contribution < -0.4 is 4.90 Å². The molecule has 0 unspecified atom stereocenters. The van der Waals surface area contributed by atoms with Gasteiger partial charge in [0.1, 0.15) is 0 Å². The summed E-state index contributed by atoms with van der Waals surface area (Å²) in [6.07, 6.45) is 7.76. The number of carbonyl (C=O) groups excluding carboxylic acids is 1. The summed E-state index contributed by atoms with van der Waals surface area (Å²) >= 11 is 0. The van der Waals surface area contributed by atoms with Crippen LogP contribution in [0.1, 0.15) is 38.5 Å². The zero-order valence-electron chi connectivity index (χ0n) is 16.5. The van der Waals surface area contributed by atoms with Crippen LogP contribution in [0.4, 0.5) is 5.95 Å². The molecule has 5 nitrogen and oxygen atoms in total. The van der Waals surface area contributed by atoms with Crippen molar-refractivity contribution in [1.82, 2.24) is 14.9 Å². The van der Waals surface area contributed by atoms with E-state index in [2.05, 4.69) is 26.9 Å². The number of aromatic amines is 1. The Morgan fingerprint density at radius 2 is 1.68 bits per heavy atom. The molecule has 148 valence electrons. The van der Waals surface area contributed by atoms with Gasteiger partial charge < -0.3 is 14.8 Å². The van der Waals surface area contributed by atoms with Gasteiger partial charge in [0.25, 0.3) is 0 Å². The first-order valence-electron chi connectivity index (χ1n) is 11.2. The standard InChI is InChI=1S/C23H30N4O/c28-22(21-17-11-15-10-16(13-17)14-18(21)12-15)26-6-3-7-27(9-8-26)23-24-19-4-1-2-5-20(19)25-23/h1-2,4-5,15-18,21H,3,6-14H2,(H,24,25). The first-order chi connectivity index (χ1) is 13.7. The summed E-state index contributed by atoms with van der Waals surface area (Å²) in [6.45, 7) is 3.57. The minimum absolute atomic E-state index is 0.325. The van der Waals surface area contributed by atoms with Gasteiger partial charge in [-0.3, -0.25) is 4.79 Å². The number of imidazole rings is 1. The second kappa shape index (κ2) is 6.50.